The van der Waals surface area contributed by atoms with Crippen LogP contribution >= 0.6 is 0 Å². The fourth-order valence-corrected chi connectivity index (χ4v) is 0.826. The molecule has 0 spiro atoms. The topological polar surface area (TPSA) is 38.3 Å². The molecule has 0 aliphatic rings. The van der Waals surface area contributed by atoms with Gasteiger partial charge in [0.25, 0.3) is 5.78 Å². The van der Waals surface area contributed by atoms with Crippen LogP contribution in [0.25, 0.3) is 0 Å². The molecule has 0 aliphatic carbocycles. The molecule has 6 heteroatoms. The Balaban J connectivity index is 4.64. The lowest BCUT2D eigenvalue weighted by Gasteiger charge is -2.16. The summed E-state index contributed by atoms with van der Waals surface area (Å²) < 4.78 is 40.9. The van der Waals surface area contributed by atoms with Crippen molar-refractivity contribution in [2.24, 2.45) is 0 Å². The van der Waals surface area contributed by atoms with Gasteiger partial charge in [0.2, 0.25) is 0 Å². The quantitative estimate of drug-likeness (QED) is 0.571. The summed E-state index contributed by atoms with van der Waals surface area (Å²) in [5.74, 6) is -2.06. The van der Waals surface area contributed by atoms with Crippen LogP contribution in [-0.2, 0) is 9.53 Å². The van der Waals surface area contributed by atoms with Gasteiger partial charge >= 0.3 is 6.18 Å². The van der Waals surface area contributed by atoms with Crippen molar-refractivity contribution in [3.05, 3.63) is 12.0 Å². The summed E-state index contributed by atoms with van der Waals surface area (Å²) >= 11 is 0. The smallest absolute Gasteiger partial charge is 0.454 e. The molecule has 16 heavy (non-hydrogen) atoms. The Morgan fingerprint density at radius 2 is 2.00 bits per heavy atom. The summed E-state index contributed by atoms with van der Waals surface area (Å²) in [5, 5.41) is 2.69. The molecule has 0 saturated carbocycles. The lowest BCUT2D eigenvalue weighted by Crippen LogP contribution is -2.29. The minimum absolute atomic E-state index is 0.0566. The molecule has 0 aromatic heterocycles. The second-order valence-electron chi connectivity index (χ2n) is 3.26. The van der Waals surface area contributed by atoms with E-state index in [1.54, 1.807) is 13.8 Å². The molecule has 0 fully saturated rings. The van der Waals surface area contributed by atoms with Crippen molar-refractivity contribution in [2.45, 2.75) is 39.4 Å². The van der Waals surface area contributed by atoms with Gasteiger partial charge in [0.1, 0.15) is 0 Å². The average molecular weight is 239 g/mol. The number of ketones is 1. The molecule has 0 bridgehead atoms. The molecule has 3 nitrogen and oxygen atoms in total. The van der Waals surface area contributed by atoms with Crippen LogP contribution in [-0.4, -0.2) is 24.6 Å². The summed E-state index contributed by atoms with van der Waals surface area (Å²) in [6.45, 7) is 5.47. The number of allylic oxidation sites excluding steroid dienone is 1. The lowest BCUT2D eigenvalue weighted by molar-refractivity contribution is -0.165. The first kappa shape index (κ1) is 14.8. The monoisotopic (exact) mass is 239 g/mol. The lowest BCUT2D eigenvalue weighted by atomic mass is 10.2. The molecule has 0 unspecified atom stereocenters. The number of carbonyl (C=O) groups excluding carboxylic acids is 1. The van der Waals surface area contributed by atoms with Gasteiger partial charge in [0.05, 0.1) is 12.7 Å². The molecule has 1 atom stereocenters. The number of halogens is 3. The van der Waals surface area contributed by atoms with Crippen LogP contribution in [0.2, 0.25) is 0 Å². The van der Waals surface area contributed by atoms with E-state index >= 15 is 0 Å². The third kappa shape index (κ3) is 5.63. The van der Waals surface area contributed by atoms with E-state index < -0.39 is 12.0 Å². The second kappa shape index (κ2) is 6.40. The van der Waals surface area contributed by atoms with Crippen LogP contribution in [0.4, 0.5) is 13.2 Å². The zero-order valence-corrected chi connectivity index (χ0v) is 9.52. The van der Waals surface area contributed by atoms with Crippen molar-refractivity contribution in [3.8, 4) is 0 Å². The maximum Gasteiger partial charge on any atom is 0.454 e. The zero-order valence-electron chi connectivity index (χ0n) is 9.52. The summed E-state index contributed by atoms with van der Waals surface area (Å²) in [4.78, 5) is 10.7. The van der Waals surface area contributed by atoms with Gasteiger partial charge in [-0.25, -0.2) is 0 Å². The number of alkyl halides is 3. The molecule has 0 aromatic rings. The third-order valence-electron chi connectivity index (χ3n) is 1.84. The number of rotatable bonds is 6. The summed E-state index contributed by atoms with van der Waals surface area (Å²) in [6.07, 6.45) is -3.71. The number of hydrogen-bond acceptors (Lipinski definition) is 3. The second-order valence-corrected chi connectivity index (χ2v) is 3.26. The highest BCUT2D eigenvalue weighted by Crippen LogP contribution is 2.17. The largest absolute Gasteiger partial charge is 0.479 e. The van der Waals surface area contributed by atoms with Gasteiger partial charge in [0, 0.05) is 6.04 Å². The zero-order chi connectivity index (χ0) is 12.8. The molecular weight excluding hydrogens is 223 g/mol. The van der Waals surface area contributed by atoms with Crippen LogP contribution < -0.4 is 5.32 Å². The number of nitrogens with one attached hydrogen (secondary N) is 1. The molecule has 0 aliphatic heterocycles. The highest BCUT2D eigenvalue weighted by Gasteiger charge is 2.37. The summed E-state index contributed by atoms with van der Waals surface area (Å²) in [5.41, 5.74) is 0. The predicted molar refractivity (Wildman–Crippen MR) is 53.7 cm³/mol. The number of hydrogen-bond donors (Lipinski definition) is 1. The Morgan fingerprint density at radius 1 is 1.44 bits per heavy atom. The highest BCUT2D eigenvalue weighted by atomic mass is 19.4. The van der Waals surface area contributed by atoms with Crippen LogP contribution in [0.3, 0.4) is 0 Å². The Labute approximate surface area is 92.7 Å². The van der Waals surface area contributed by atoms with Crippen LogP contribution in [0.1, 0.15) is 27.2 Å². The molecule has 0 heterocycles. The molecule has 0 amide bonds. The first-order valence-corrected chi connectivity index (χ1v) is 5.03. The molecule has 0 saturated heterocycles. The van der Waals surface area contributed by atoms with Gasteiger partial charge < -0.3 is 10.1 Å². The van der Waals surface area contributed by atoms with Gasteiger partial charge in [-0.05, 0) is 20.3 Å². The van der Waals surface area contributed by atoms with Crippen LogP contribution in [0, 0.1) is 0 Å². The van der Waals surface area contributed by atoms with Crippen molar-refractivity contribution in [3.63, 3.8) is 0 Å². The first-order chi connectivity index (χ1) is 7.31. The summed E-state index contributed by atoms with van der Waals surface area (Å²) in [7, 11) is 0. The van der Waals surface area contributed by atoms with E-state index in [1.165, 1.54) is 0 Å². The van der Waals surface area contributed by atoms with Gasteiger partial charge in [-0.15, -0.1) is 0 Å². The van der Waals surface area contributed by atoms with E-state index in [2.05, 4.69) is 5.32 Å². The van der Waals surface area contributed by atoms with Gasteiger partial charge in [-0.3, -0.25) is 4.79 Å². The van der Waals surface area contributed by atoms with Crippen molar-refractivity contribution >= 4 is 5.78 Å². The maximum absolute atomic E-state index is 12.0. The van der Waals surface area contributed by atoms with Crippen LogP contribution in [0.15, 0.2) is 12.0 Å². The van der Waals surface area contributed by atoms with Crippen LogP contribution in [0.5, 0.6) is 0 Å². The van der Waals surface area contributed by atoms with Crippen molar-refractivity contribution in [1.29, 1.82) is 0 Å². The maximum atomic E-state index is 12.0. The van der Waals surface area contributed by atoms with E-state index in [0.29, 0.717) is 12.5 Å². The van der Waals surface area contributed by atoms with Gasteiger partial charge in [-0.2, -0.15) is 13.2 Å². The molecule has 0 radical (unpaired) electrons. The molecule has 0 aromatic carbocycles. The fraction of sp³-hybridized carbons (Fsp3) is 0.700. The molecule has 0 rings (SSSR count). The molecule has 94 valence electrons. The van der Waals surface area contributed by atoms with E-state index in [4.69, 9.17) is 4.74 Å². The van der Waals surface area contributed by atoms with Gasteiger partial charge in [0.15, 0.2) is 5.88 Å². The minimum atomic E-state index is -4.86. The van der Waals surface area contributed by atoms with E-state index in [-0.39, 0.29) is 18.5 Å². The molecule has 1 N–H and O–H groups in total. The Hall–Kier alpha value is -1.20. The van der Waals surface area contributed by atoms with Gasteiger partial charge in [-0.1, -0.05) is 6.92 Å². The highest BCUT2D eigenvalue weighted by molar-refractivity contribution is 5.94. The number of carbonyl (C=O) groups is 1. The van der Waals surface area contributed by atoms with Crippen molar-refractivity contribution < 1.29 is 22.7 Å². The van der Waals surface area contributed by atoms with Crippen molar-refractivity contribution in [1.82, 2.24) is 5.32 Å². The normalized spacial score (nSPS) is 14.5. The minimum Gasteiger partial charge on any atom is -0.479 e. The Morgan fingerprint density at radius 3 is 2.38 bits per heavy atom. The standard InChI is InChI=1S/C10H16F3NO2/c1-4-7(3)14-9(16-5-2)6-8(15)10(11,12)13/h6-7,14H,4-5H2,1-3H3/b9-6+/t7-/m1/s1. The fourth-order valence-electron chi connectivity index (χ4n) is 0.826. The predicted octanol–water partition coefficient (Wildman–Crippen LogP) is 2.38. The SMILES string of the molecule is CCO/C(=C/C(=O)C(F)(F)F)N[C@H](C)CC. The summed E-state index contributed by atoms with van der Waals surface area (Å²) in [6, 6.07) is -0.0566. The Bertz CT molecular complexity index is 261. The first-order valence-electron chi connectivity index (χ1n) is 5.03. The van der Waals surface area contributed by atoms with E-state index in [0.717, 1.165) is 0 Å². The van der Waals surface area contributed by atoms with Crippen molar-refractivity contribution in [2.75, 3.05) is 6.61 Å². The third-order valence-corrected chi connectivity index (χ3v) is 1.84. The Kier molecular flexibility index (Phi) is 5.92. The average Bonchev–Trinajstić information content (AvgIpc) is 2.16. The number of ether oxygens (including phenoxy) is 1. The van der Waals surface area contributed by atoms with E-state index in [1.807, 2.05) is 6.92 Å². The van der Waals surface area contributed by atoms with E-state index in [9.17, 15) is 18.0 Å². The molecular formula is C10H16F3NO2.